The van der Waals surface area contributed by atoms with E-state index in [4.69, 9.17) is 0 Å². The Morgan fingerprint density at radius 3 is 2.33 bits per heavy atom. The van der Waals surface area contributed by atoms with E-state index in [-0.39, 0.29) is 30.0 Å². The molecule has 2 atom stereocenters. The fourth-order valence-corrected chi connectivity index (χ4v) is 3.34. The Balaban J connectivity index is 2.99. The third-order valence-electron chi connectivity index (χ3n) is 2.92. The van der Waals surface area contributed by atoms with Gasteiger partial charge < -0.3 is 10.2 Å². The summed E-state index contributed by atoms with van der Waals surface area (Å²) in [5.41, 5.74) is 0. The topological polar surface area (TPSA) is 83.6 Å². The Morgan fingerprint density at radius 2 is 1.89 bits per heavy atom. The van der Waals surface area contributed by atoms with Crippen molar-refractivity contribution in [3.05, 3.63) is 0 Å². The first-order valence-electron chi connectivity index (χ1n) is 5.90. The molecule has 0 spiro atoms. The molecule has 1 N–H and O–H groups in total. The van der Waals surface area contributed by atoms with Crippen molar-refractivity contribution in [3.8, 4) is 0 Å². The van der Waals surface area contributed by atoms with Crippen molar-refractivity contribution < 1.29 is 18.0 Å². The molecule has 6 nitrogen and oxygen atoms in total. The third kappa shape index (κ3) is 3.44. The van der Waals surface area contributed by atoms with Gasteiger partial charge in [0.05, 0.1) is 12.3 Å². The van der Waals surface area contributed by atoms with Crippen molar-refractivity contribution in [2.75, 3.05) is 18.6 Å². The van der Waals surface area contributed by atoms with Gasteiger partial charge in [-0.25, -0.2) is 8.42 Å². The Hall–Kier alpha value is -1.11. The second-order valence-electron chi connectivity index (χ2n) is 5.15. The molecule has 1 aliphatic heterocycles. The molecule has 1 saturated heterocycles. The van der Waals surface area contributed by atoms with Crippen LogP contribution in [-0.2, 0) is 19.4 Å². The maximum absolute atomic E-state index is 11.9. The molecule has 1 fully saturated rings. The van der Waals surface area contributed by atoms with Crippen molar-refractivity contribution in [3.63, 3.8) is 0 Å². The van der Waals surface area contributed by atoms with E-state index < -0.39 is 21.9 Å². The number of hydrogen-bond acceptors (Lipinski definition) is 4. The molecule has 2 amide bonds. The lowest BCUT2D eigenvalue weighted by Crippen LogP contribution is -2.63. The van der Waals surface area contributed by atoms with E-state index in [0.717, 1.165) is 6.26 Å². The molecule has 1 aliphatic rings. The van der Waals surface area contributed by atoms with Crippen LogP contribution in [0, 0.1) is 5.92 Å². The Kier molecular flexibility index (Phi) is 4.37. The highest BCUT2D eigenvalue weighted by Gasteiger charge is 2.39. The number of rotatable bonds is 4. The lowest BCUT2D eigenvalue weighted by molar-refractivity contribution is -0.149. The molecule has 104 valence electrons. The minimum atomic E-state index is -3.19. The molecule has 1 heterocycles. The fraction of sp³-hybridized carbons (Fsp3) is 0.818. The van der Waals surface area contributed by atoms with Gasteiger partial charge in [0.25, 0.3) is 0 Å². The van der Waals surface area contributed by atoms with Gasteiger partial charge in [-0.2, -0.15) is 0 Å². The van der Waals surface area contributed by atoms with Crippen LogP contribution in [-0.4, -0.2) is 55.8 Å². The molecule has 0 aromatic rings. The van der Waals surface area contributed by atoms with Crippen LogP contribution in [0.2, 0.25) is 0 Å². The SMILES string of the molecule is CC(C)C1C(=O)NCC(=O)N1C(C)CS(C)(=O)=O. The molecule has 1 rings (SSSR count). The summed E-state index contributed by atoms with van der Waals surface area (Å²) in [5, 5.41) is 2.53. The summed E-state index contributed by atoms with van der Waals surface area (Å²) < 4.78 is 22.6. The first-order chi connectivity index (χ1) is 8.13. The standard InChI is InChI=1S/C11H20N2O4S/c1-7(2)10-11(15)12-5-9(14)13(10)8(3)6-18(4,16)17/h7-8,10H,5-6H2,1-4H3,(H,12,15). The second kappa shape index (κ2) is 5.26. The van der Waals surface area contributed by atoms with E-state index in [1.807, 2.05) is 13.8 Å². The quantitative estimate of drug-likeness (QED) is 0.743. The molecule has 0 aliphatic carbocycles. The van der Waals surface area contributed by atoms with Gasteiger partial charge in [-0.1, -0.05) is 13.8 Å². The predicted molar refractivity (Wildman–Crippen MR) is 67.7 cm³/mol. The number of hydrogen-bond donors (Lipinski definition) is 1. The molecule has 7 heteroatoms. The predicted octanol–water partition coefficient (Wildman–Crippen LogP) is -0.597. The van der Waals surface area contributed by atoms with Crippen LogP contribution in [0.1, 0.15) is 20.8 Å². The summed E-state index contributed by atoms with van der Waals surface area (Å²) in [4.78, 5) is 25.1. The second-order valence-corrected chi connectivity index (χ2v) is 7.33. The molecular formula is C11H20N2O4S. The van der Waals surface area contributed by atoms with Gasteiger partial charge in [-0.3, -0.25) is 9.59 Å². The highest BCUT2D eigenvalue weighted by atomic mass is 32.2. The van der Waals surface area contributed by atoms with E-state index >= 15 is 0 Å². The number of nitrogens with one attached hydrogen (secondary N) is 1. The number of carbonyl (C=O) groups excluding carboxylic acids is 2. The smallest absolute Gasteiger partial charge is 0.243 e. The van der Waals surface area contributed by atoms with E-state index in [1.54, 1.807) is 6.92 Å². The molecule has 0 saturated carbocycles. The highest BCUT2D eigenvalue weighted by Crippen LogP contribution is 2.18. The molecular weight excluding hydrogens is 256 g/mol. The molecule has 0 aromatic carbocycles. The summed E-state index contributed by atoms with van der Waals surface area (Å²) in [6.45, 7) is 5.27. The normalized spacial score (nSPS) is 23.2. The zero-order valence-corrected chi connectivity index (χ0v) is 12.0. The maximum Gasteiger partial charge on any atom is 0.243 e. The minimum absolute atomic E-state index is 0.0590. The van der Waals surface area contributed by atoms with Crippen LogP contribution >= 0.6 is 0 Å². The monoisotopic (exact) mass is 276 g/mol. The first-order valence-corrected chi connectivity index (χ1v) is 7.96. The van der Waals surface area contributed by atoms with Crippen LogP contribution in [0.15, 0.2) is 0 Å². The van der Waals surface area contributed by atoms with Crippen molar-refractivity contribution >= 4 is 21.7 Å². The largest absolute Gasteiger partial charge is 0.345 e. The lowest BCUT2D eigenvalue weighted by atomic mass is 9.98. The molecule has 0 bridgehead atoms. The van der Waals surface area contributed by atoms with Gasteiger partial charge in [0.1, 0.15) is 15.9 Å². The molecule has 0 aromatic heterocycles. The zero-order valence-electron chi connectivity index (χ0n) is 11.1. The van der Waals surface area contributed by atoms with Gasteiger partial charge in [0, 0.05) is 12.3 Å². The van der Waals surface area contributed by atoms with Crippen molar-refractivity contribution in [2.24, 2.45) is 5.92 Å². The number of nitrogens with zero attached hydrogens (tertiary/aromatic N) is 1. The van der Waals surface area contributed by atoms with Gasteiger partial charge in [-0.15, -0.1) is 0 Å². The summed E-state index contributed by atoms with van der Waals surface area (Å²) in [5.74, 6) is -0.638. The van der Waals surface area contributed by atoms with E-state index in [0.29, 0.717) is 0 Å². The van der Waals surface area contributed by atoms with Crippen molar-refractivity contribution in [1.82, 2.24) is 10.2 Å². The number of amides is 2. The average molecular weight is 276 g/mol. The van der Waals surface area contributed by atoms with E-state index in [1.165, 1.54) is 4.90 Å². The van der Waals surface area contributed by atoms with Crippen LogP contribution in [0.25, 0.3) is 0 Å². The van der Waals surface area contributed by atoms with Crippen LogP contribution in [0.3, 0.4) is 0 Å². The van der Waals surface area contributed by atoms with Gasteiger partial charge in [-0.05, 0) is 12.8 Å². The minimum Gasteiger partial charge on any atom is -0.345 e. The van der Waals surface area contributed by atoms with Gasteiger partial charge >= 0.3 is 0 Å². The van der Waals surface area contributed by atoms with Crippen LogP contribution < -0.4 is 5.32 Å². The highest BCUT2D eigenvalue weighted by molar-refractivity contribution is 7.90. The zero-order chi connectivity index (χ0) is 14.1. The van der Waals surface area contributed by atoms with Crippen LogP contribution in [0.5, 0.6) is 0 Å². The molecule has 18 heavy (non-hydrogen) atoms. The van der Waals surface area contributed by atoms with Gasteiger partial charge in [0.15, 0.2) is 0 Å². The summed E-state index contributed by atoms with van der Waals surface area (Å²) in [7, 11) is -3.19. The first kappa shape index (κ1) is 14.9. The maximum atomic E-state index is 11.9. The van der Waals surface area contributed by atoms with Crippen LogP contribution in [0.4, 0.5) is 0 Å². The van der Waals surface area contributed by atoms with Crippen molar-refractivity contribution in [1.29, 1.82) is 0 Å². The Morgan fingerprint density at radius 1 is 1.33 bits per heavy atom. The number of sulfone groups is 1. The third-order valence-corrected chi connectivity index (χ3v) is 4.01. The summed E-state index contributed by atoms with van der Waals surface area (Å²) in [6.07, 6.45) is 1.13. The Labute approximate surface area is 108 Å². The number of carbonyl (C=O) groups is 2. The number of piperazine rings is 1. The van der Waals surface area contributed by atoms with Crippen molar-refractivity contribution in [2.45, 2.75) is 32.9 Å². The van der Waals surface area contributed by atoms with E-state index in [9.17, 15) is 18.0 Å². The summed E-state index contributed by atoms with van der Waals surface area (Å²) >= 11 is 0. The fourth-order valence-electron chi connectivity index (χ4n) is 2.30. The van der Waals surface area contributed by atoms with Gasteiger partial charge in [0.2, 0.25) is 11.8 Å². The average Bonchev–Trinajstić information content (AvgIpc) is 2.17. The summed E-state index contributed by atoms with van der Waals surface area (Å²) in [6, 6.07) is -1.09. The lowest BCUT2D eigenvalue weighted by Gasteiger charge is -2.40. The van der Waals surface area contributed by atoms with E-state index in [2.05, 4.69) is 5.32 Å². The molecule has 0 radical (unpaired) electrons. The molecule has 2 unspecified atom stereocenters. The Bertz CT molecular complexity index is 444.